The molecule has 2 N–H and O–H groups in total. The molecule has 0 aromatic rings. The average molecular weight is 321 g/mol. The largest absolute Gasteiger partial charge is 0.500 e. The Morgan fingerprint density at radius 1 is 1.05 bits per heavy atom. The number of urea groups is 1. The highest BCUT2D eigenvalue weighted by atomic mass is 28.4. The van der Waals surface area contributed by atoms with Crippen LogP contribution in [0, 0.1) is 0 Å². The number of hydrogen-bond acceptors (Lipinski definition) is 5. The van der Waals surface area contributed by atoms with E-state index in [2.05, 4.69) is 15.5 Å². The normalized spacial score (nSPS) is 11.8. The summed E-state index contributed by atoms with van der Waals surface area (Å²) >= 11 is 0. The van der Waals surface area contributed by atoms with Gasteiger partial charge in [-0.1, -0.05) is 10.2 Å². The van der Waals surface area contributed by atoms with Crippen molar-refractivity contribution in [2.75, 3.05) is 26.4 Å². The molecule has 0 aromatic heterocycles. The summed E-state index contributed by atoms with van der Waals surface area (Å²) in [5.74, 6) is 0. The van der Waals surface area contributed by atoms with E-state index in [1.54, 1.807) is 0 Å². The second-order valence-electron chi connectivity index (χ2n) is 3.80. The Labute approximate surface area is 125 Å². The first-order chi connectivity index (χ1) is 9.99. The Morgan fingerprint density at radius 3 is 2.00 bits per heavy atom. The van der Waals surface area contributed by atoms with Gasteiger partial charge in [0.15, 0.2) is 0 Å². The third-order valence-electron chi connectivity index (χ3n) is 2.26. The first-order valence-corrected chi connectivity index (χ1v) is 8.77. The van der Waals surface area contributed by atoms with E-state index in [0.29, 0.717) is 38.8 Å². The first kappa shape index (κ1) is 19.6. The zero-order chi connectivity index (χ0) is 16.1. The van der Waals surface area contributed by atoms with Crippen LogP contribution < -0.4 is 5.32 Å². The predicted molar refractivity (Wildman–Crippen MR) is 76.3 cm³/mol. The fraction of sp³-hybridized carbons (Fsp3) is 0.818. The van der Waals surface area contributed by atoms with E-state index in [1.165, 1.54) is 0 Å². The summed E-state index contributed by atoms with van der Waals surface area (Å²) in [4.78, 5) is 21.2. The lowest BCUT2D eigenvalue weighted by Gasteiger charge is -2.28. The van der Waals surface area contributed by atoms with Crippen molar-refractivity contribution in [3.63, 3.8) is 0 Å². The van der Waals surface area contributed by atoms with Gasteiger partial charge in [-0.2, -0.15) is 0 Å². The highest BCUT2D eigenvalue weighted by Gasteiger charge is 2.39. The maximum atomic E-state index is 11.1. The van der Waals surface area contributed by atoms with Crippen LogP contribution >= 0.6 is 0 Å². The first-order valence-electron chi connectivity index (χ1n) is 6.84. The van der Waals surface area contributed by atoms with Crippen LogP contribution in [0.5, 0.6) is 0 Å². The molecule has 0 aliphatic rings. The fourth-order valence-electron chi connectivity index (χ4n) is 1.63. The number of hydrogen-bond donors (Lipinski definition) is 2. The Balaban J connectivity index is 4.23. The Bertz CT molecular complexity index is 336. The molecule has 0 radical (unpaired) electrons. The molecule has 0 unspecified atom stereocenters. The Hall–Kier alpha value is -1.36. The van der Waals surface area contributed by atoms with Crippen LogP contribution in [0.1, 0.15) is 27.2 Å². The van der Waals surface area contributed by atoms with Crippen LogP contribution in [0.2, 0.25) is 6.04 Å². The van der Waals surface area contributed by atoms with E-state index in [0.717, 1.165) is 0 Å². The van der Waals surface area contributed by atoms with Crippen molar-refractivity contribution in [1.29, 1.82) is 0 Å². The standard InChI is InChI=1S/C11H23N3O6Si/c1-4-18-21(19-5-2,20-6-3)9-7-8-12-10(15)13-14-11(16)17/h4-9H2,1-3H3,(H,12,15)(H,16,17). The van der Waals surface area contributed by atoms with Gasteiger partial charge in [-0.3, -0.25) is 0 Å². The summed E-state index contributed by atoms with van der Waals surface area (Å²) in [6, 6.07) is -0.243. The van der Waals surface area contributed by atoms with Crippen LogP contribution in [-0.4, -0.2) is 52.4 Å². The molecule has 0 spiro atoms. The summed E-state index contributed by atoms with van der Waals surface area (Å²) in [7, 11) is -2.70. The van der Waals surface area contributed by atoms with Gasteiger partial charge in [0.25, 0.3) is 0 Å². The second-order valence-corrected chi connectivity index (χ2v) is 6.53. The number of carboxylic acid groups (broad SMARTS) is 1. The number of carbonyl (C=O) groups is 2. The highest BCUT2D eigenvalue weighted by Crippen LogP contribution is 2.17. The molecule has 0 aliphatic carbocycles. The topological polar surface area (TPSA) is 119 Å². The van der Waals surface area contributed by atoms with E-state index in [-0.39, 0.29) is 0 Å². The van der Waals surface area contributed by atoms with Crippen molar-refractivity contribution < 1.29 is 28.0 Å². The molecule has 0 atom stereocenters. The van der Waals surface area contributed by atoms with Crippen LogP contribution in [0.25, 0.3) is 0 Å². The van der Waals surface area contributed by atoms with Gasteiger partial charge in [-0.05, 0) is 27.2 Å². The van der Waals surface area contributed by atoms with Gasteiger partial charge in [-0.15, -0.1) is 0 Å². The van der Waals surface area contributed by atoms with E-state index >= 15 is 0 Å². The molecule has 9 nitrogen and oxygen atoms in total. The Morgan fingerprint density at radius 2 is 1.57 bits per heavy atom. The number of azo groups is 1. The molecule has 0 rings (SSSR count). The average Bonchev–Trinajstić information content (AvgIpc) is 2.42. The smallest absolute Gasteiger partial charge is 0.462 e. The van der Waals surface area contributed by atoms with Crippen molar-refractivity contribution in [2.24, 2.45) is 10.2 Å². The zero-order valence-electron chi connectivity index (χ0n) is 12.6. The summed E-state index contributed by atoms with van der Waals surface area (Å²) < 4.78 is 17.0. The lowest BCUT2D eigenvalue weighted by Crippen LogP contribution is -2.46. The van der Waals surface area contributed by atoms with E-state index in [4.69, 9.17) is 18.4 Å². The third kappa shape index (κ3) is 9.23. The monoisotopic (exact) mass is 321 g/mol. The minimum absolute atomic E-state index is 0.305. The summed E-state index contributed by atoms with van der Waals surface area (Å²) in [5, 5.41) is 16.3. The van der Waals surface area contributed by atoms with Crippen LogP contribution in [0.4, 0.5) is 9.59 Å². The molecule has 3 amide bonds. The number of rotatable bonds is 10. The minimum atomic E-state index is -2.70. The van der Waals surface area contributed by atoms with Crippen molar-refractivity contribution in [3.05, 3.63) is 0 Å². The minimum Gasteiger partial charge on any atom is -0.462 e. The number of amides is 3. The molecule has 122 valence electrons. The van der Waals surface area contributed by atoms with Crippen molar-refractivity contribution >= 4 is 20.9 Å². The summed E-state index contributed by atoms with van der Waals surface area (Å²) in [6.07, 6.45) is -0.943. The molecular weight excluding hydrogens is 298 g/mol. The van der Waals surface area contributed by atoms with Gasteiger partial charge in [0.2, 0.25) is 0 Å². The highest BCUT2D eigenvalue weighted by molar-refractivity contribution is 6.60. The van der Waals surface area contributed by atoms with E-state index < -0.39 is 20.9 Å². The zero-order valence-corrected chi connectivity index (χ0v) is 13.6. The quantitative estimate of drug-likeness (QED) is 0.362. The molecule has 21 heavy (non-hydrogen) atoms. The van der Waals surface area contributed by atoms with Crippen LogP contribution in [0.3, 0.4) is 0 Å². The van der Waals surface area contributed by atoms with Gasteiger partial charge in [0, 0.05) is 32.4 Å². The maximum absolute atomic E-state index is 11.1. The summed E-state index contributed by atoms with van der Waals surface area (Å²) in [6.45, 7) is 7.39. The lowest BCUT2D eigenvalue weighted by atomic mass is 10.5. The van der Waals surface area contributed by atoms with Gasteiger partial charge in [0.05, 0.1) is 0 Å². The second kappa shape index (κ2) is 11.3. The van der Waals surface area contributed by atoms with Crippen LogP contribution in [0.15, 0.2) is 10.2 Å². The third-order valence-corrected chi connectivity index (χ3v) is 5.41. The van der Waals surface area contributed by atoms with Crippen LogP contribution in [-0.2, 0) is 13.3 Å². The lowest BCUT2D eigenvalue weighted by molar-refractivity contribution is 0.0708. The Kier molecular flexibility index (Phi) is 10.6. The number of carbonyl (C=O) groups excluding carboxylic acids is 1. The van der Waals surface area contributed by atoms with Gasteiger partial charge < -0.3 is 23.7 Å². The SMILES string of the molecule is CCO[Si](CCCNC(=O)N=NC(=O)O)(OCC)OCC. The molecule has 0 saturated heterocycles. The van der Waals surface area contributed by atoms with Crippen molar-refractivity contribution in [3.8, 4) is 0 Å². The van der Waals surface area contributed by atoms with Gasteiger partial charge >= 0.3 is 20.9 Å². The molecule has 10 heteroatoms. The summed E-state index contributed by atoms with van der Waals surface area (Å²) in [5.41, 5.74) is 0. The van der Waals surface area contributed by atoms with E-state index in [9.17, 15) is 9.59 Å². The van der Waals surface area contributed by atoms with Gasteiger partial charge in [-0.25, -0.2) is 9.59 Å². The molecule has 0 bridgehead atoms. The molecular formula is C11H23N3O6Si. The molecule has 0 saturated carbocycles. The molecule has 0 heterocycles. The number of nitrogens with zero attached hydrogens (tertiary/aromatic N) is 2. The molecule has 0 aliphatic heterocycles. The predicted octanol–water partition coefficient (Wildman–Crippen LogP) is 2.26. The van der Waals surface area contributed by atoms with E-state index in [1.807, 2.05) is 20.8 Å². The van der Waals surface area contributed by atoms with Gasteiger partial charge in [0.1, 0.15) is 0 Å². The molecule has 0 fully saturated rings. The van der Waals surface area contributed by atoms with Crippen molar-refractivity contribution in [1.82, 2.24) is 5.32 Å². The fourth-order valence-corrected chi connectivity index (χ4v) is 4.24. The maximum Gasteiger partial charge on any atom is 0.500 e. The number of nitrogens with one attached hydrogen (secondary N) is 1. The van der Waals surface area contributed by atoms with Crippen molar-refractivity contribution in [2.45, 2.75) is 33.2 Å². The molecule has 0 aromatic carbocycles.